The molecule has 152 valence electrons. The fourth-order valence-electron chi connectivity index (χ4n) is 3.38. The molecule has 1 aromatic carbocycles. The van der Waals surface area contributed by atoms with Crippen molar-refractivity contribution in [2.75, 3.05) is 23.5 Å². The number of hydrogen-bond acceptors (Lipinski definition) is 5. The highest BCUT2D eigenvalue weighted by molar-refractivity contribution is 6.11. The highest BCUT2D eigenvalue weighted by Crippen LogP contribution is 2.38. The van der Waals surface area contributed by atoms with Gasteiger partial charge in [-0.2, -0.15) is 18.4 Å². The molecule has 1 aliphatic heterocycles. The van der Waals surface area contributed by atoms with Crippen molar-refractivity contribution < 1.29 is 22.7 Å². The zero-order valence-electron chi connectivity index (χ0n) is 15.6. The Labute approximate surface area is 168 Å². The van der Waals surface area contributed by atoms with Gasteiger partial charge < -0.3 is 4.74 Å². The Bertz CT molecular complexity index is 1170. The average Bonchev–Trinajstić information content (AvgIpc) is 3.08. The SMILES string of the molecule is COc1ccc(C(F)(F)F)nc1N1CC(C#N)N(c2cncc3ccccc23)C1=O. The number of rotatable bonds is 3. The number of nitrogens with zero attached hydrogens (tertiary/aromatic N) is 5. The molecule has 0 radical (unpaired) electrons. The molecule has 1 atom stereocenters. The number of ether oxygens (including phenoxy) is 1. The van der Waals surface area contributed by atoms with Crippen LogP contribution in [0.15, 0.2) is 48.8 Å². The maximum atomic E-state index is 13.2. The van der Waals surface area contributed by atoms with Crippen LogP contribution < -0.4 is 14.5 Å². The first-order valence-electron chi connectivity index (χ1n) is 8.80. The minimum absolute atomic E-state index is 0.00839. The first kappa shape index (κ1) is 19.4. The molecule has 1 fully saturated rings. The van der Waals surface area contributed by atoms with Gasteiger partial charge in [0, 0.05) is 17.0 Å². The number of amides is 2. The van der Waals surface area contributed by atoms with Gasteiger partial charge >= 0.3 is 12.2 Å². The van der Waals surface area contributed by atoms with Gasteiger partial charge in [-0.1, -0.05) is 24.3 Å². The number of pyridine rings is 2. The summed E-state index contributed by atoms with van der Waals surface area (Å²) in [4.78, 5) is 23.2. The number of halogens is 3. The molecule has 1 saturated heterocycles. The zero-order valence-corrected chi connectivity index (χ0v) is 15.6. The number of fused-ring (bicyclic) bond motifs is 1. The van der Waals surface area contributed by atoms with Crippen LogP contribution >= 0.6 is 0 Å². The Morgan fingerprint density at radius 3 is 2.67 bits per heavy atom. The quantitative estimate of drug-likeness (QED) is 0.648. The summed E-state index contributed by atoms with van der Waals surface area (Å²) in [5.74, 6) is -0.306. The molecule has 10 heteroatoms. The molecule has 2 amide bonds. The fourth-order valence-corrected chi connectivity index (χ4v) is 3.38. The van der Waals surface area contributed by atoms with Gasteiger partial charge in [0.15, 0.2) is 11.6 Å². The van der Waals surface area contributed by atoms with Gasteiger partial charge in [0.25, 0.3) is 0 Å². The Morgan fingerprint density at radius 2 is 1.97 bits per heavy atom. The number of nitriles is 1. The number of benzene rings is 1. The largest absolute Gasteiger partial charge is 0.493 e. The van der Waals surface area contributed by atoms with Crippen molar-refractivity contribution in [3.05, 3.63) is 54.5 Å². The van der Waals surface area contributed by atoms with Gasteiger partial charge in [0.2, 0.25) is 0 Å². The lowest BCUT2D eigenvalue weighted by atomic mass is 10.1. The Hall–Kier alpha value is -3.87. The normalized spacial score (nSPS) is 16.8. The van der Waals surface area contributed by atoms with E-state index in [4.69, 9.17) is 4.74 Å². The van der Waals surface area contributed by atoms with Crippen LogP contribution in [0.3, 0.4) is 0 Å². The van der Waals surface area contributed by atoms with Crippen LogP contribution in [-0.2, 0) is 6.18 Å². The molecular weight excluding hydrogens is 399 g/mol. The second-order valence-electron chi connectivity index (χ2n) is 6.51. The third-order valence-corrected chi connectivity index (χ3v) is 4.77. The fraction of sp³-hybridized carbons (Fsp3) is 0.200. The van der Waals surface area contributed by atoms with E-state index in [2.05, 4.69) is 9.97 Å². The molecular formula is C20H14F3N5O2. The van der Waals surface area contributed by atoms with Crippen LogP contribution in [0.4, 0.5) is 29.5 Å². The van der Waals surface area contributed by atoms with Crippen molar-refractivity contribution >= 4 is 28.3 Å². The molecule has 1 unspecified atom stereocenters. The van der Waals surface area contributed by atoms with Gasteiger partial charge in [0.05, 0.1) is 31.6 Å². The number of hydrogen-bond donors (Lipinski definition) is 0. The Kier molecular flexibility index (Phi) is 4.66. The average molecular weight is 413 g/mol. The molecule has 0 saturated carbocycles. The molecule has 0 spiro atoms. The minimum atomic E-state index is -4.70. The summed E-state index contributed by atoms with van der Waals surface area (Å²) in [7, 11) is 1.27. The van der Waals surface area contributed by atoms with E-state index in [1.165, 1.54) is 18.2 Å². The molecule has 0 N–H and O–H groups in total. The summed E-state index contributed by atoms with van der Waals surface area (Å²) in [5.41, 5.74) is -0.775. The lowest BCUT2D eigenvalue weighted by Crippen LogP contribution is -2.35. The first-order chi connectivity index (χ1) is 14.3. The third kappa shape index (κ3) is 3.14. The van der Waals surface area contributed by atoms with Crippen molar-refractivity contribution in [1.82, 2.24) is 9.97 Å². The van der Waals surface area contributed by atoms with Crippen molar-refractivity contribution in [2.45, 2.75) is 12.2 Å². The number of aromatic nitrogens is 2. The first-order valence-corrected chi connectivity index (χ1v) is 8.80. The lowest BCUT2D eigenvalue weighted by molar-refractivity contribution is -0.141. The second-order valence-corrected chi connectivity index (χ2v) is 6.51. The standard InChI is InChI=1S/C20H14F3N5O2/c1-30-16-6-7-17(20(21,22)23)26-18(16)27-11-13(8-24)28(19(27)29)15-10-25-9-12-4-2-3-5-14(12)15/h2-7,9-10,13H,11H2,1H3. The molecule has 2 aromatic heterocycles. The van der Waals surface area contributed by atoms with Crippen molar-refractivity contribution in [1.29, 1.82) is 5.26 Å². The smallest absolute Gasteiger partial charge is 0.433 e. The van der Waals surface area contributed by atoms with E-state index in [1.807, 2.05) is 18.2 Å². The molecule has 3 heterocycles. The minimum Gasteiger partial charge on any atom is -0.493 e. The van der Waals surface area contributed by atoms with Gasteiger partial charge in [-0.05, 0) is 12.1 Å². The maximum absolute atomic E-state index is 13.2. The van der Waals surface area contributed by atoms with Crippen LogP contribution in [0.5, 0.6) is 5.75 Å². The van der Waals surface area contributed by atoms with Crippen molar-refractivity contribution in [3.63, 3.8) is 0 Å². The summed E-state index contributed by atoms with van der Waals surface area (Å²) in [5, 5.41) is 11.1. The van der Waals surface area contributed by atoms with Crippen molar-refractivity contribution in [3.8, 4) is 11.8 Å². The number of alkyl halides is 3. The van der Waals surface area contributed by atoms with Crippen LogP contribution in [0.25, 0.3) is 10.8 Å². The predicted molar refractivity (Wildman–Crippen MR) is 102 cm³/mol. The molecule has 30 heavy (non-hydrogen) atoms. The lowest BCUT2D eigenvalue weighted by Gasteiger charge is -2.21. The van der Waals surface area contributed by atoms with Crippen LogP contribution in [-0.4, -0.2) is 35.7 Å². The zero-order chi connectivity index (χ0) is 21.5. The highest BCUT2D eigenvalue weighted by atomic mass is 19.4. The van der Waals surface area contributed by atoms with E-state index in [9.17, 15) is 23.2 Å². The van der Waals surface area contributed by atoms with Gasteiger partial charge in [-0.25, -0.2) is 9.78 Å². The molecule has 1 aliphatic rings. The van der Waals surface area contributed by atoms with E-state index in [0.717, 1.165) is 22.4 Å². The van der Waals surface area contributed by atoms with Crippen LogP contribution in [0.1, 0.15) is 5.69 Å². The summed E-state index contributed by atoms with van der Waals surface area (Å²) in [6.07, 6.45) is -1.63. The van der Waals surface area contributed by atoms with Crippen LogP contribution in [0, 0.1) is 11.3 Å². The van der Waals surface area contributed by atoms with Gasteiger partial charge in [-0.15, -0.1) is 0 Å². The van der Waals surface area contributed by atoms with Gasteiger partial charge in [-0.3, -0.25) is 14.8 Å². The number of urea groups is 1. The summed E-state index contributed by atoms with van der Waals surface area (Å²) < 4.78 is 44.6. The van der Waals surface area contributed by atoms with Crippen LogP contribution in [0.2, 0.25) is 0 Å². The summed E-state index contributed by atoms with van der Waals surface area (Å²) in [6.45, 7) is -0.177. The molecule has 0 aliphatic carbocycles. The van der Waals surface area contributed by atoms with Crippen molar-refractivity contribution in [2.24, 2.45) is 0 Å². The molecule has 7 nitrogen and oxygen atoms in total. The number of carbonyl (C=O) groups excluding carboxylic acids is 1. The third-order valence-electron chi connectivity index (χ3n) is 4.77. The molecule has 0 bridgehead atoms. The van der Waals surface area contributed by atoms with E-state index >= 15 is 0 Å². The highest BCUT2D eigenvalue weighted by Gasteiger charge is 2.43. The Balaban J connectivity index is 1.82. The summed E-state index contributed by atoms with van der Waals surface area (Å²) in [6, 6.07) is 9.44. The van der Waals surface area contributed by atoms with E-state index < -0.39 is 23.9 Å². The molecule has 3 aromatic rings. The number of carbonyl (C=O) groups is 1. The molecule has 4 rings (SSSR count). The van der Waals surface area contributed by atoms with E-state index in [-0.39, 0.29) is 18.1 Å². The maximum Gasteiger partial charge on any atom is 0.433 e. The van der Waals surface area contributed by atoms with E-state index in [0.29, 0.717) is 11.1 Å². The number of anilines is 2. The summed E-state index contributed by atoms with van der Waals surface area (Å²) >= 11 is 0. The Morgan fingerprint density at radius 1 is 1.20 bits per heavy atom. The monoisotopic (exact) mass is 413 g/mol. The second kappa shape index (κ2) is 7.18. The van der Waals surface area contributed by atoms with E-state index in [1.54, 1.807) is 18.3 Å². The topological polar surface area (TPSA) is 82.3 Å². The van der Waals surface area contributed by atoms with Gasteiger partial charge in [0.1, 0.15) is 11.7 Å². The number of methoxy groups -OCH3 is 1. The predicted octanol–water partition coefficient (Wildman–Crippen LogP) is 4.00.